The van der Waals surface area contributed by atoms with Gasteiger partial charge in [0.15, 0.2) is 0 Å². The van der Waals surface area contributed by atoms with Crippen LogP contribution < -0.4 is 4.74 Å². The molecule has 0 heterocycles. The number of carbonyl (C=O) groups is 3. The van der Waals surface area contributed by atoms with Crippen molar-refractivity contribution in [3.8, 4) is 72.5 Å². The molecule has 0 radical (unpaired) electrons. The lowest BCUT2D eigenvalue weighted by atomic mass is 9.78. The molecule has 6 heteroatoms. The number of aromatic carboxylic acids is 2. The number of carboxylic acid groups (broad SMARTS) is 2. The van der Waals surface area contributed by atoms with Gasteiger partial charge in [-0.25, -0.2) is 9.59 Å². The number of rotatable bonds is 10. The number of carboxylic acids is 2. The molecule has 0 amide bonds. The molecule has 0 atom stereocenters. The van der Waals surface area contributed by atoms with Gasteiger partial charge in [-0.05, 0) is 271 Å². The van der Waals surface area contributed by atoms with Gasteiger partial charge in [0.25, 0.3) is 6.47 Å². The zero-order valence-electron chi connectivity index (χ0n) is 38.3. The third kappa shape index (κ3) is 7.65. The van der Waals surface area contributed by atoms with Gasteiger partial charge in [-0.15, -0.1) is 0 Å². The summed E-state index contributed by atoms with van der Waals surface area (Å²) in [4.78, 5) is 34.4. The highest BCUT2D eigenvalue weighted by molar-refractivity contribution is 5.94. The molecule has 0 saturated carbocycles. The van der Waals surface area contributed by atoms with Crippen LogP contribution in [0.15, 0.2) is 91.0 Å². The van der Waals surface area contributed by atoms with E-state index in [4.69, 9.17) is 4.74 Å². The summed E-state index contributed by atoms with van der Waals surface area (Å²) in [6.07, 6.45) is 0. The molecule has 63 heavy (non-hydrogen) atoms. The molecule has 0 unspecified atom stereocenters. The van der Waals surface area contributed by atoms with Crippen LogP contribution in [0.4, 0.5) is 0 Å². The zero-order chi connectivity index (χ0) is 45.8. The lowest BCUT2D eigenvalue weighted by Crippen LogP contribution is -2.04. The fourth-order valence-electron chi connectivity index (χ4n) is 9.91. The van der Waals surface area contributed by atoms with Crippen molar-refractivity contribution in [2.75, 3.05) is 0 Å². The topological polar surface area (TPSA) is 101 Å². The van der Waals surface area contributed by atoms with Gasteiger partial charge in [-0.1, -0.05) is 36.4 Å². The zero-order valence-corrected chi connectivity index (χ0v) is 38.3. The Morgan fingerprint density at radius 3 is 0.762 bits per heavy atom. The highest BCUT2D eigenvalue weighted by Gasteiger charge is 2.24. The van der Waals surface area contributed by atoms with Crippen LogP contribution in [-0.4, -0.2) is 28.6 Å². The molecule has 6 nitrogen and oxygen atoms in total. The normalized spacial score (nSPS) is 11.2. The Hall–Kier alpha value is -7.05. The fourth-order valence-corrected chi connectivity index (χ4v) is 9.91. The number of hydrogen-bond donors (Lipinski definition) is 2. The van der Waals surface area contributed by atoms with Crippen LogP contribution in [0.25, 0.3) is 66.8 Å². The van der Waals surface area contributed by atoms with E-state index in [1.807, 2.05) is 48.5 Å². The average molecular weight is 835 g/mol. The highest BCUT2D eigenvalue weighted by Crippen LogP contribution is 2.47. The first-order valence-electron chi connectivity index (χ1n) is 21.2. The van der Waals surface area contributed by atoms with Gasteiger partial charge in [0.05, 0.1) is 11.1 Å². The minimum atomic E-state index is -0.946. The summed E-state index contributed by atoms with van der Waals surface area (Å²) in [6, 6.07) is 29.0. The molecular formula is C57H54O6. The van der Waals surface area contributed by atoms with Crippen molar-refractivity contribution in [2.45, 2.75) is 83.1 Å². The second-order valence-electron chi connectivity index (χ2n) is 17.1. The van der Waals surface area contributed by atoms with Crippen molar-refractivity contribution < 1.29 is 29.3 Å². The Labute approximate surface area is 370 Å². The SMILES string of the molecule is Cc1c(C)c(-c2cc(-c3c(C)c(C)c(-c4ccc(C(=O)O)cc4)c(C)c3C)cc(-c3c(C)c(C)c(-c4ccc(C(=O)O)cc4)c(C)c3C)c2)c(C)c(C)c1-c1ccc(OC=O)cc1. The third-order valence-corrected chi connectivity index (χ3v) is 13.8. The summed E-state index contributed by atoms with van der Waals surface area (Å²) in [5.41, 5.74) is 27.8. The van der Waals surface area contributed by atoms with Gasteiger partial charge in [-0.2, -0.15) is 0 Å². The van der Waals surface area contributed by atoms with Crippen molar-refractivity contribution in [1.29, 1.82) is 0 Å². The molecule has 7 aromatic carbocycles. The summed E-state index contributed by atoms with van der Waals surface area (Å²) in [5, 5.41) is 19.2. The van der Waals surface area contributed by atoms with Crippen LogP contribution in [0.3, 0.4) is 0 Å². The van der Waals surface area contributed by atoms with E-state index in [9.17, 15) is 24.6 Å². The molecule has 0 spiro atoms. The molecule has 0 saturated heterocycles. The molecule has 7 rings (SSSR count). The largest absolute Gasteiger partial charge is 0.478 e. The summed E-state index contributed by atoms with van der Waals surface area (Å²) in [5.74, 6) is -1.39. The van der Waals surface area contributed by atoms with Crippen LogP contribution in [0.2, 0.25) is 0 Å². The predicted molar refractivity (Wildman–Crippen MR) is 257 cm³/mol. The second kappa shape index (κ2) is 17.0. The highest BCUT2D eigenvalue weighted by atomic mass is 16.5. The van der Waals surface area contributed by atoms with E-state index < -0.39 is 11.9 Å². The van der Waals surface area contributed by atoms with E-state index in [1.54, 1.807) is 24.3 Å². The van der Waals surface area contributed by atoms with E-state index in [1.165, 1.54) is 38.9 Å². The van der Waals surface area contributed by atoms with Crippen molar-refractivity contribution in [2.24, 2.45) is 0 Å². The van der Waals surface area contributed by atoms with E-state index in [0.29, 0.717) is 12.2 Å². The van der Waals surface area contributed by atoms with E-state index in [2.05, 4.69) is 101 Å². The van der Waals surface area contributed by atoms with Gasteiger partial charge in [0.2, 0.25) is 0 Å². The van der Waals surface area contributed by atoms with Crippen molar-refractivity contribution in [3.63, 3.8) is 0 Å². The maximum absolute atomic E-state index is 11.7. The number of hydrogen-bond acceptors (Lipinski definition) is 4. The maximum atomic E-state index is 11.7. The van der Waals surface area contributed by atoms with Gasteiger partial charge in [0.1, 0.15) is 5.75 Å². The van der Waals surface area contributed by atoms with Crippen molar-refractivity contribution in [1.82, 2.24) is 0 Å². The standard InChI is InChI=1S/C57H54O6/c1-29-35(7)53(36(8)30(2)50(29)41-13-17-44(18-14-41)56(59)60)46-25-47(54-37(9)31(3)51(32(4)38(54)10)42-15-19-45(20-16-42)57(61)62)27-48(26-46)55-39(11)33(5)52(34(6)40(55)12)43-21-23-49(24-22-43)63-28-58/h13-28H,1-12H3,(H,59,60)(H,61,62). The quantitative estimate of drug-likeness (QED) is 0.133. The Balaban J connectivity index is 1.51. The number of benzene rings is 7. The summed E-state index contributed by atoms with van der Waals surface area (Å²) in [6.45, 7) is 26.7. The van der Waals surface area contributed by atoms with E-state index >= 15 is 0 Å². The van der Waals surface area contributed by atoms with Gasteiger partial charge < -0.3 is 14.9 Å². The molecule has 2 N–H and O–H groups in total. The fraction of sp³-hybridized carbons (Fsp3) is 0.211. The van der Waals surface area contributed by atoms with Gasteiger partial charge >= 0.3 is 11.9 Å². The summed E-state index contributed by atoms with van der Waals surface area (Å²) in [7, 11) is 0. The Bertz CT molecular complexity index is 2790. The van der Waals surface area contributed by atoms with Crippen LogP contribution in [0.1, 0.15) is 87.5 Å². The average Bonchev–Trinajstić information content (AvgIpc) is 3.26. The van der Waals surface area contributed by atoms with Crippen LogP contribution in [0, 0.1) is 83.1 Å². The van der Waals surface area contributed by atoms with Gasteiger partial charge in [0, 0.05) is 0 Å². The molecule has 7 aromatic rings. The first kappa shape index (κ1) is 44.0. The summed E-state index contributed by atoms with van der Waals surface area (Å²) >= 11 is 0. The molecule has 318 valence electrons. The Kier molecular flexibility index (Phi) is 11.9. The molecule has 0 bridgehead atoms. The second-order valence-corrected chi connectivity index (χ2v) is 17.1. The summed E-state index contributed by atoms with van der Waals surface area (Å²) < 4.78 is 5.10. The van der Waals surface area contributed by atoms with E-state index in [-0.39, 0.29) is 11.1 Å². The van der Waals surface area contributed by atoms with E-state index in [0.717, 1.165) is 94.6 Å². The molecule has 0 aliphatic heterocycles. The van der Waals surface area contributed by atoms with Crippen LogP contribution in [-0.2, 0) is 4.79 Å². The third-order valence-electron chi connectivity index (χ3n) is 13.8. The van der Waals surface area contributed by atoms with Crippen LogP contribution >= 0.6 is 0 Å². The maximum Gasteiger partial charge on any atom is 0.335 e. The minimum Gasteiger partial charge on any atom is -0.478 e. The lowest BCUT2D eigenvalue weighted by molar-refractivity contribution is -0.120. The molecule has 0 aromatic heterocycles. The number of ether oxygens (including phenoxy) is 1. The first-order valence-corrected chi connectivity index (χ1v) is 21.2. The smallest absolute Gasteiger partial charge is 0.335 e. The molecule has 0 fully saturated rings. The van der Waals surface area contributed by atoms with Gasteiger partial charge in [-0.3, -0.25) is 4.79 Å². The number of carbonyl (C=O) groups excluding carboxylic acids is 1. The first-order chi connectivity index (χ1) is 29.9. The molecular weight excluding hydrogens is 781 g/mol. The predicted octanol–water partition coefficient (Wildman–Crippen LogP) is 14.3. The molecule has 0 aliphatic rings. The Morgan fingerprint density at radius 2 is 0.556 bits per heavy atom. The van der Waals surface area contributed by atoms with Crippen LogP contribution in [0.5, 0.6) is 5.75 Å². The lowest BCUT2D eigenvalue weighted by Gasteiger charge is -2.26. The minimum absolute atomic E-state index is 0.259. The Morgan fingerprint density at radius 1 is 0.349 bits per heavy atom. The van der Waals surface area contributed by atoms with Crippen molar-refractivity contribution in [3.05, 3.63) is 169 Å². The monoisotopic (exact) mass is 834 g/mol. The molecule has 0 aliphatic carbocycles. The van der Waals surface area contributed by atoms with Crippen molar-refractivity contribution >= 4 is 18.4 Å².